The van der Waals surface area contributed by atoms with Crippen LogP contribution in [0, 0.1) is 25.6 Å². The van der Waals surface area contributed by atoms with E-state index in [1.165, 1.54) is 13.2 Å². The van der Waals surface area contributed by atoms with Crippen LogP contribution in [-0.2, 0) is 9.53 Å². The van der Waals surface area contributed by atoms with Crippen molar-refractivity contribution in [3.05, 3.63) is 34.6 Å². The van der Waals surface area contributed by atoms with Crippen molar-refractivity contribution in [2.45, 2.75) is 33.6 Å². The number of benzene rings is 1. The third-order valence-electron chi connectivity index (χ3n) is 2.91. The molecule has 0 fully saturated rings. The quantitative estimate of drug-likeness (QED) is 0.755. The van der Waals surface area contributed by atoms with E-state index in [2.05, 4.69) is 0 Å². The van der Waals surface area contributed by atoms with Gasteiger partial charge >= 0.3 is 5.97 Å². The van der Waals surface area contributed by atoms with Crippen LogP contribution in [0.3, 0.4) is 0 Å². The van der Waals surface area contributed by atoms with E-state index in [0.717, 1.165) is 11.1 Å². The Hall–Kier alpha value is -1.38. The molecule has 1 atom stereocenters. The van der Waals surface area contributed by atoms with E-state index in [1.54, 1.807) is 0 Å². The van der Waals surface area contributed by atoms with Crippen LogP contribution in [0.4, 0.5) is 4.39 Å². The molecule has 1 aromatic carbocycles. The van der Waals surface area contributed by atoms with Gasteiger partial charge in [0.05, 0.1) is 13.0 Å². The normalized spacial score (nSPS) is 12.6. The van der Waals surface area contributed by atoms with Gasteiger partial charge in [0.15, 0.2) is 0 Å². The summed E-state index contributed by atoms with van der Waals surface area (Å²) in [5.74, 6) is -1.25. The molecule has 0 amide bonds. The lowest BCUT2D eigenvalue weighted by molar-refractivity contribution is -0.143. The van der Waals surface area contributed by atoms with Crippen LogP contribution in [0.1, 0.15) is 36.5 Å². The highest BCUT2D eigenvalue weighted by Gasteiger charge is 2.29. The lowest BCUT2D eigenvalue weighted by atomic mass is 9.85. The van der Waals surface area contributed by atoms with E-state index in [1.807, 2.05) is 33.8 Å². The highest BCUT2D eigenvalue weighted by molar-refractivity contribution is 5.79. The number of rotatable bonds is 3. The molecule has 0 radical (unpaired) electrons. The molecule has 0 aliphatic heterocycles. The lowest BCUT2D eigenvalue weighted by Gasteiger charge is -2.21. The first-order valence-corrected chi connectivity index (χ1v) is 5.73. The maximum Gasteiger partial charge on any atom is 0.313 e. The molecule has 0 aromatic heterocycles. The fraction of sp³-hybridized carbons (Fsp3) is 0.500. The van der Waals surface area contributed by atoms with E-state index in [-0.39, 0.29) is 17.7 Å². The summed E-state index contributed by atoms with van der Waals surface area (Å²) >= 11 is 0. The van der Waals surface area contributed by atoms with Gasteiger partial charge in [-0.2, -0.15) is 0 Å². The molecule has 0 aliphatic rings. The number of methoxy groups -OCH3 is 1. The van der Waals surface area contributed by atoms with Crippen LogP contribution < -0.4 is 0 Å². The predicted octanol–water partition coefficient (Wildman–Crippen LogP) is 3.36. The first-order chi connectivity index (χ1) is 7.88. The number of hydrogen-bond donors (Lipinski definition) is 0. The zero-order valence-electron chi connectivity index (χ0n) is 11.0. The van der Waals surface area contributed by atoms with Crippen molar-refractivity contribution in [1.82, 2.24) is 0 Å². The summed E-state index contributed by atoms with van der Waals surface area (Å²) in [6.07, 6.45) is 0. The smallest absolute Gasteiger partial charge is 0.313 e. The van der Waals surface area contributed by atoms with Crippen LogP contribution >= 0.6 is 0 Å². The fourth-order valence-electron chi connectivity index (χ4n) is 2.17. The number of carbonyl (C=O) groups is 1. The Balaban J connectivity index is 3.33. The average Bonchev–Trinajstić information content (AvgIpc) is 2.21. The van der Waals surface area contributed by atoms with Crippen LogP contribution in [0.15, 0.2) is 12.1 Å². The molecule has 0 N–H and O–H groups in total. The summed E-state index contributed by atoms with van der Waals surface area (Å²) in [5.41, 5.74) is 2.11. The highest BCUT2D eigenvalue weighted by Crippen LogP contribution is 2.31. The first kappa shape index (κ1) is 13.7. The summed E-state index contributed by atoms with van der Waals surface area (Å²) in [5, 5.41) is 0. The largest absolute Gasteiger partial charge is 0.469 e. The number of halogens is 1. The lowest BCUT2D eigenvalue weighted by Crippen LogP contribution is -2.22. The van der Waals surface area contributed by atoms with Gasteiger partial charge in [0.2, 0.25) is 0 Å². The van der Waals surface area contributed by atoms with Gasteiger partial charge in [-0.15, -0.1) is 0 Å². The Morgan fingerprint density at radius 1 is 1.29 bits per heavy atom. The van der Waals surface area contributed by atoms with Crippen LogP contribution in [0.5, 0.6) is 0 Å². The molecule has 0 aliphatic carbocycles. The zero-order valence-corrected chi connectivity index (χ0v) is 11.0. The molecule has 3 heteroatoms. The summed E-state index contributed by atoms with van der Waals surface area (Å²) in [6, 6.07) is 3.34. The standard InChI is InChI=1S/C14H19FO2/c1-8(2)12(14(16)17-5)13-10(4)6-9(3)7-11(13)15/h6-8,12H,1-5H3. The van der Waals surface area contributed by atoms with Crippen molar-refractivity contribution in [3.8, 4) is 0 Å². The second-order valence-corrected chi connectivity index (χ2v) is 4.72. The van der Waals surface area contributed by atoms with Gasteiger partial charge < -0.3 is 4.74 Å². The van der Waals surface area contributed by atoms with Gasteiger partial charge in [0.25, 0.3) is 0 Å². The molecule has 0 bridgehead atoms. The first-order valence-electron chi connectivity index (χ1n) is 5.73. The Labute approximate surface area is 102 Å². The molecular weight excluding hydrogens is 219 g/mol. The summed E-state index contributed by atoms with van der Waals surface area (Å²) < 4.78 is 18.8. The summed E-state index contributed by atoms with van der Waals surface area (Å²) in [4.78, 5) is 11.8. The predicted molar refractivity (Wildman–Crippen MR) is 65.5 cm³/mol. The van der Waals surface area contributed by atoms with Crippen LogP contribution in [-0.4, -0.2) is 13.1 Å². The van der Waals surface area contributed by atoms with Gasteiger partial charge in [0, 0.05) is 5.56 Å². The topological polar surface area (TPSA) is 26.3 Å². The third-order valence-corrected chi connectivity index (χ3v) is 2.91. The van der Waals surface area contributed by atoms with Gasteiger partial charge in [-0.1, -0.05) is 19.9 Å². The molecule has 2 nitrogen and oxygen atoms in total. The molecule has 94 valence electrons. The minimum absolute atomic E-state index is 0.00152. The van der Waals surface area contributed by atoms with E-state index in [0.29, 0.717) is 5.56 Å². The van der Waals surface area contributed by atoms with Gasteiger partial charge in [0.1, 0.15) is 5.82 Å². The van der Waals surface area contributed by atoms with E-state index >= 15 is 0 Å². The Kier molecular flexibility index (Phi) is 4.27. The average molecular weight is 238 g/mol. The Bertz CT molecular complexity index is 401. The van der Waals surface area contributed by atoms with Crippen LogP contribution in [0.25, 0.3) is 0 Å². The Morgan fingerprint density at radius 3 is 2.29 bits per heavy atom. The number of aryl methyl sites for hydroxylation is 2. The Morgan fingerprint density at radius 2 is 1.88 bits per heavy atom. The molecule has 1 aromatic rings. The third kappa shape index (κ3) is 2.84. The van der Waals surface area contributed by atoms with Gasteiger partial charge in [-0.25, -0.2) is 4.39 Å². The molecule has 0 heterocycles. The summed E-state index contributed by atoms with van der Waals surface area (Å²) in [6.45, 7) is 7.44. The van der Waals surface area contributed by atoms with E-state index < -0.39 is 5.92 Å². The second kappa shape index (κ2) is 5.30. The fourth-order valence-corrected chi connectivity index (χ4v) is 2.17. The number of esters is 1. The molecule has 0 saturated heterocycles. The van der Waals surface area contributed by atoms with Crippen molar-refractivity contribution >= 4 is 5.97 Å². The maximum atomic E-state index is 14.0. The van der Waals surface area contributed by atoms with E-state index in [9.17, 15) is 9.18 Å². The van der Waals surface area contributed by atoms with E-state index in [4.69, 9.17) is 4.74 Å². The SMILES string of the molecule is COC(=O)C(c1c(C)cc(C)cc1F)C(C)C. The minimum Gasteiger partial charge on any atom is -0.469 e. The minimum atomic E-state index is -0.541. The van der Waals surface area contributed by atoms with Crippen molar-refractivity contribution in [1.29, 1.82) is 0 Å². The van der Waals surface area contributed by atoms with Crippen molar-refractivity contribution in [2.75, 3.05) is 7.11 Å². The van der Waals surface area contributed by atoms with Gasteiger partial charge in [-0.05, 0) is 37.0 Å². The molecular formula is C14H19FO2. The maximum absolute atomic E-state index is 14.0. The molecule has 1 unspecified atom stereocenters. The number of ether oxygens (including phenoxy) is 1. The zero-order chi connectivity index (χ0) is 13.2. The highest BCUT2D eigenvalue weighted by atomic mass is 19.1. The summed E-state index contributed by atoms with van der Waals surface area (Å²) in [7, 11) is 1.33. The molecule has 0 saturated carbocycles. The monoisotopic (exact) mass is 238 g/mol. The van der Waals surface area contributed by atoms with Crippen molar-refractivity contribution in [3.63, 3.8) is 0 Å². The van der Waals surface area contributed by atoms with Crippen LogP contribution in [0.2, 0.25) is 0 Å². The van der Waals surface area contributed by atoms with Crippen molar-refractivity contribution < 1.29 is 13.9 Å². The molecule has 0 spiro atoms. The second-order valence-electron chi connectivity index (χ2n) is 4.72. The van der Waals surface area contributed by atoms with Crippen molar-refractivity contribution in [2.24, 2.45) is 5.92 Å². The number of hydrogen-bond acceptors (Lipinski definition) is 2. The van der Waals surface area contributed by atoms with Gasteiger partial charge in [-0.3, -0.25) is 4.79 Å². The number of carbonyl (C=O) groups excluding carboxylic acids is 1. The molecule has 17 heavy (non-hydrogen) atoms. The molecule has 1 rings (SSSR count).